The fourth-order valence-corrected chi connectivity index (χ4v) is 5.03. The highest BCUT2D eigenvalue weighted by Gasteiger charge is 2.50. The van der Waals surface area contributed by atoms with Crippen molar-refractivity contribution >= 4 is 11.9 Å². The van der Waals surface area contributed by atoms with Gasteiger partial charge in [0.25, 0.3) is 0 Å². The highest BCUT2D eigenvalue weighted by atomic mass is 16.5. The second kappa shape index (κ2) is 7.90. The Morgan fingerprint density at radius 3 is 2.59 bits per heavy atom. The van der Waals surface area contributed by atoms with Crippen LogP contribution < -0.4 is 10.1 Å². The van der Waals surface area contributed by atoms with E-state index in [4.69, 9.17) is 9.47 Å². The van der Waals surface area contributed by atoms with E-state index in [0.29, 0.717) is 5.56 Å². The third-order valence-electron chi connectivity index (χ3n) is 6.64. The molecular formula is C24H27NO4. The number of methoxy groups -OCH3 is 2. The molecule has 1 aliphatic carbocycles. The summed E-state index contributed by atoms with van der Waals surface area (Å²) in [5.74, 6) is 0.850. The minimum atomic E-state index is -0.341. The van der Waals surface area contributed by atoms with Gasteiger partial charge in [0, 0.05) is 6.54 Å². The van der Waals surface area contributed by atoms with Crippen molar-refractivity contribution in [2.45, 2.75) is 38.0 Å². The maximum absolute atomic E-state index is 12.9. The lowest BCUT2D eigenvalue weighted by molar-refractivity contribution is -0.129. The molecule has 2 aromatic rings. The molecule has 0 saturated carbocycles. The monoisotopic (exact) mass is 393 g/mol. The first-order valence-corrected chi connectivity index (χ1v) is 10.2. The van der Waals surface area contributed by atoms with Crippen LogP contribution in [0.2, 0.25) is 0 Å². The SMILES string of the molecule is COC(=O)c1ccc2c(c1)CC[C@@]1(CCNC1=O)C2CCc1ccc(OC)cc1. The van der Waals surface area contributed by atoms with Crippen LogP contribution in [-0.2, 0) is 22.4 Å². The van der Waals surface area contributed by atoms with Gasteiger partial charge in [0.1, 0.15) is 5.75 Å². The molecule has 1 aliphatic heterocycles. The van der Waals surface area contributed by atoms with E-state index >= 15 is 0 Å². The van der Waals surface area contributed by atoms with Gasteiger partial charge < -0.3 is 14.8 Å². The molecule has 2 atom stereocenters. The number of ether oxygens (including phenoxy) is 2. The van der Waals surface area contributed by atoms with Gasteiger partial charge in [-0.2, -0.15) is 0 Å². The van der Waals surface area contributed by atoms with Crippen LogP contribution in [-0.4, -0.2) is 32.6 Å². The summed E-state index contributed by atoms with van der Waals surface area (Å²) in [6.45, 7) is 0.743. The summed E-state index contributed by atoms with van der Waals surface area (Å²) in [4.78, 5) is 24.8. The molecule has 5 heteroatoms. The molecule has 1 unspecified atom stereocenters. The maximum Gasteiger partial charge on any atom is 0.337 e. The van der Waals surface area contributed by atoms with Crippen LogP contribution in [0.25, 0.3) is 0 Å². The average molecular weight is 393 g/mol. The van der Waals surface area contributed by atoms with Crippen LogP contribution >= 0.6 is 0 Å². The van der Waals surface area contributed by atoms with Crippen molar-refractivity contribution < 1.29 is 19.1 Å². The summed E-state index contributed by atoms with van der Waals surface area (Å²) in [6, 6.07) is 13.9. The number of carbonyl (C=O) groups excluding carboxylic acids is 2. The summed E-state index contributed by atoms with van der Waals surface area (Å²) in [7, 11) is 3.07. The Morgan fingerprint density at radius 1 is 1.14 bits per heavy atom. The minimum Gasteiger partial charge on any atom is -0.497 e. The van der Waals surface area contributed by atoms with E-state index in [1.807, 2.05) is 30.3 Å². The Balaban J connectivity index is 1.65. The molecule has 152 valence electrons. The molecule has 0 radical (unpaired) electrons. The molecule has 1 N–H and O–H groups in total. The highest BCUT2D eigenvalue weighted by Crippen LogP contribution is 2.52. The van der Waals surface area contributed by atoms with Crippen LogP contribution in [0.5, 0.6) is 5.75 Å². The smallest absolute Gasteiger partial charge is 0.337 e. The number of benzene rings is 2. The van der Waals surface area contributed by atoms with Crippen LogP contribution in [0.3, 0.4) is 0 Å². The molecule has 5 nitrogen and oxygen atoms in total. The van der Waals surface area contributed by atoms with E-state index in [9.17, 15) is 9.59 Å². The number of hydrogen-bond acceptors (Lipinski definition) is 4. The number of rotatable bonds is 5. The number of nitrogens with one attached hydrogen (secondary N) is 1. The third kappa shape index (κ3) is 3.50. The van der Waals surface area contributed by atoms with Crippen molar-refractivity contribution in [2.75, 3.05) is 20.8 Å². The predicted octanol–water partition coefficient (Wildman–Crippen LogP) is 3.65. The van der Waals surface area contributed by atoms with Crippen molar-refractivity contribution in [3.8, 4) is 5.75 Å². The lowest BCUT2D eigenvalue weighted by Crippen LogP contribution is -2.40. The fourth-order valence-electron chi connectivity index (χ4n) is 5.03. The summed E-state index contributed by atoms with van der Waals surface area (Å²) in [5, 5.41) is 3.06. The van der Waals surface area contributed by atoms with Gasteiger partial charge in [-0.1, -0.05) is 18.2 Å². The van der Waals surface area contributed by atoms with Crippen molar-refractivity contribution in [3.05, 3.63) is 64.7 Å². The lowest BCUT2D eigenvalue weighted by Gasteiger charge is -2.41. The van der Waals surface area contributed by atoms with E-state index in [1.54, 1.807) is 7.11 Å². The van der Waals surface area contributed by atoms with Crippen LogP contribution in [0.15, 0.2) is 42.5 Å². The van der Waals surface area contributed by atoms with Gasteiger partial charge in [0.15, 0.2) is 0 Å². The predicted molar refractivity (Wildman–Crippen MR) is 110 cm³/mol. The number of amides is 1. The van der Waals surface area contributed by atoms with E-state index in [1.165, 1.54) is 18.2 Å². The minimum absolute atomic E-state index is 0.141. The first-order chi connectivity index (χ1) is 14.1. The Hall–Kier alpha value is -2.82. The molecule has 1 spiro atoms. The molecule has 0 aromatic heterocycles. The summed E-state index contributed by atoms with van der Waals surface area (Å²) in [5.41, 5.74) is 3.84. The largest absolute Gasteiger partial charge is 0.497 e. The first-order valence-electron chi connectivity index (χ1n) is 10.2. The fraction of sp³-hybridized carbons (Fsp3) is 0.417. The van der Waals surface area contributed by atoms with Crippen molar-refractivity contribution in [3.63, 3.8) is 0 Å². The van der Waals surface area contributed by atoms with Crippen molar-refractivity contribution in [1.29, 1.82) is 0 Å². The molecule has 1 amide bonds. The number of esters is 1. The van der Waals surface area contributed by atoms with Gasteiger partial charge in [0.2, 0.25) is 5.91 Å². The van der Waals surface area contributed by atoms with Crippen LogP contribution in [0.1, 0.15) is 52.2 Å². The summed E-state index contributed by atoms with van der Waals surface area (Å²) < 4.78 is 10.1. The molecule has 1 saturated heterocycles. The zero-order valence-electron chi connectivity index (χ0n) is 17.0. The van der Waals surface area contributed by atoms with Crippen LogP contribution in [0, 0.1) is 5.41 Å². The molecule has 1 fully saturated rings. The zero-order valence-corrected chi connectivity index (χ0v) is 17.0. The van der Waals surface area contributed by atoms with Crippen molar-refractivity contribution in [1.82, 2.24) is 5.32 Å². The zero-order chi connectivity index (χ0) is 20.4. The van der Waals surface area contributed by atoms with Gasteiger partial charge in [-0.3, -0.25) is 4.79 Å². The normalized spacial score (nSPS) is 22.8. The second-order valence-electron chi connectivity index (χ2n) is 8.01. The van der Waals surface area contributed by atoms with Gasteiger partial charge in [-0.25, -0.2) is 4.79 Å². The maximum atomic E-state index is 12.9. The first kappa shape index (κ1) is 19.5. The number of fused-ring (bicyclic) bond motifs is 1. The summed E-state index contributed by atoms with van der Waals surface area (Å²) in [6.07, 6.45) is 4.29. The van der Waals surface area contributed by atoms with E-state index in [0.717, 1.165) is 50.0 Å². The van der Waals surface area contributed by atoms with Gasteiger partial charge >= 0.3 is 5.97 Å². The van der Waals surface area contributed by atoms with Gasteiger partial charge in [0.05, 0.1) is 25.2 Å². The van der Waals surface area contributed by atoms with Crippen molar-refractivity contribution in [2.24, 2.45) is 5.41 Å². The van der Waals surface area contributed by atoms with Crippen LogP contribution in [0.4, 0.5) is 0 Å². The average Bonchev–Trinajstić information content (AvgIpc) is 3.13. The van der Waals surface area contributed by atoms with E-state index in [-0.39, 0.29) is 23.2 Å². The molecule has 0 bridgehead atoms. The van der Waals surface area contributed by atoms with Gasteiger partial charge in [-0.05, 0) is 79.0 Å². The Morgan fingerprint density at radius 2 is 1.93 bits per heavy atom. The molecule has 1 heterocycles. The molecular weight excluding hydrogens is 366 g/mol. The molecule has 2 aliphatic rings. The molecule has 2 aromatic carbocycles. The highest BCUT2D eigenvalue weighted by molar-refractivity contribution is 5.90. The Labute approximate surface area is 171 Å². The molecule has 29 heavy (non-hydrogen) atoms. The third-order valence-corrected chi connectivity index (χ3v) is 6.64. The number of hydrogen-bond donors (Lipinski definition) is 1. The van der Waals surface area contributed by atoms with E-state index < -0.39 is 0 Å². The quantitative estimate of drug-likeness (QED) is 0.788. The lowest BCUT2D eigenvalue weighted by atomic mass is 9.61. The van der Waals surface area contributed by atoms with Gasteiger partial charge in [-0.15, -0.1) is 0 Å². The van der Waals surface area contributed by atoms with E-state index in [2.05, 4.69) is 17.4 Å². The number of aryl methyl sites for hydroxylation is 2. The second-order valence-corrected chi connectivity index (χ2v) is 8.01. The Bertz CT molecular complexity index is 921. The Kier molecular flexibility index (Phi) is 5.31. The topological polar surface area (TPSA) is 64.6 Å². The summed E-state index contributed by atoms with van der Waals surface area (Å²) >= 11 is 0. The molecule has 4 rings (SSSR count). The number of carbonyl (C=O) groups is 2. The standard InChI is InChI=1S/C24H27NO4/c1-28-19-7-3-16(4-8-19)5-10-21-20-9-6-18(22(26)29-2)15-17(20)11-12-24(21)13-14-25-23(24)27/h3-4,6-9,15,21H,5,10-14H2,1-2H3,(H,25,27)/t21?,24-/m1/s1.